The Morgan fingerprint density at radius 3 is 2.60 bits per heavy atom. The van der Waals surface area contributed by atoms with E-state index in [2.05, 4.69) is 54.5 Å². The van der Waals surface area contributed by atoms with Gasteiger partial charge in [0.15, 0.2) is 0 Å². The maximum absolute atomic E-state index is 12.4. The molecule has 0 spiro atoms. The van der Waals surface area contributed by atoms with Crippen molar-refractivity contribution >= 4 is 29.0 Å². The van der Waals surface area contributed by atoms with Gasteiger partial charge in [-0.3, -0.25) is 9.69 Å². The van der Waals surface area contributed by atoms with Gasteiger partial charge in [-0.2, -0.15) is 0 Å². The van der Waals surface area contributed by atoms with E-state index in [1.54, 1.807) is 11.8 Å². The summed E-state index contributed by atoms with van der Waals surface area (Å²) < 4.78 is 0. The first kappa shape index (κ1) is 18.5. The predicted molar refractivity (Wildman–Crippen MR) is 107 cm³/mol. The average molecular weight is 375 g/mol. The number of amides is 1. The van der Waals surface area contributed by atoms with Crippen LogP contribution in [-0.4, -0.2) is 47.6 Å². The molecule has 1 aliphatic rings. The Hall–Kier alpha value is -1.30. The summed E-state index contributed by atoms with van der Waals surface area (Å²) >= 11 is 3.59. The summed E-state index contributed by atoms with van der Waals surface area (Å²) in [6, 6.07) is 10.8. The fourth-order valence-corrected chi connectivity index (χ4v) is 4.68. The second-order valence-corrected chi connectivity index (χ2v) is 8.78. The standard InChI is InChI=1S/C20H26N2OS2/c1-16-5-6-18(14-17(16)2)25-13-7-20(23)22-10-8-21(9-11-22)15-19-4-3-12-24-19/h3-6,12,14H,7-11,13,15H2,1-2H3. The highest BCUT2D eigenvalue weighted by Crippen LogP contribution is 2.22. The van der Waals surface area contributed by atoms with Gasteiger partial charge < -0.3 is 4.90 Å². The molecule has 1 aliphatic heterocycles. The van der Waals surface area contributed by atoms with Gasteiger partial charge in [0.2, 0.25) is 5.91 Å². The smallest absolute Gasteiger partial charge is 0.223 e. The van der Waals surface area contributed by atoms with Gasteiger partial charge in [0.25, 0.3) is 0 Å². The highest BCUT2D eigenvalue weighted by atomic mass is 32.2. The Kier molecular flexibility index (Phi) is 6.57. The molecular formula is C20H26N2OS2. The quantitative estimate of drug-likeness (QED) is 0.708. The van der Waals surface area contributed by atoms with Crippen LogP contribution in [-0.2, 0) is 11.3 Å². The minimum absolute atomic E-state index is 0.298. The van der Waals surface area contributed by atoms with Crippen molar-refractivity contribution < 1.29 is 4.79 Å². The Morgan fingerprint density at radius 2 is 1.92 bits per heavy atom. The molecule has 1 aromatic carbocycles. The van der Waals surface area contributed by atoms with E-state index in [9.17, 15) is 4.79 Å². The van der Waals surface area contributed by atoms with Crippen LogP contribution in [0.1, 0.15) is 22.4 Å². The fraction of sp³-hybridized carbons (Fsp3) is 0.450. The highest BCUT2D eigenvalue weighted by Gasteiger charge is 2.20. The van der Waals surface area contributed by atoms with Crippen LogP contribution in [0.3, 0.4) is 0 Å². The van der Waals surface area contributed by atoms with Gasteiger partial charge in [0.05, 0.1) is 0 Å². The van der Waals surface area contributed by atoms with Gasteiger partial charge in [0.1, 0.15) is 0 Å². The van der Waals surface area contributed by atoms with E-state index >= 15 is 0 Å². The number of carbonyl (C=O) groups is 1. The minimum atomic E-state index is 0.298. The van der Waals surface area contributed by atoms with Gasteiger partial charge in [0, 0.05) is 54.7 Å². The van der Waals surface area contributed by atoms with Crippen LogP contribution in [0, 0.1) is 13.8 Å². The summed E-state index contributed by atoms with van der Waals surface area (Å²) in [4.78, 5) is 19.6. The summed E-state index contributed by atoms with van der Waals surface area (Å²) in [5.41, 5.74) is 2.64. The Morgan fingerprint density at radius 1 is 1.12 bits per heavy atom. The van der Waals surface area contributed by atoms with E-state index in [1.807, 2.05) is 16.2 Å². The molecule has 2 heterocycles. The third-order valence-electron chi connectivity index (χ3n) is 4.75. The molecule has 3 nitrogen and oxygen atoms in total. The zero-order valence-corrected chi connectivity index (χ0v) is 16.7. The van der Waals surface area contributed by atoms with Gasteiger partial charge in [-0.1, -0.05) is 12.1 Å². The lowest BCUT2D eigenvalue weighted by Gasteiger charge is -2.34. The summed E-state index contributed by atoms with van der Waals surface area (Å²) in [5.74, 6) is 1.16. The zero-order valence-electron chi connectivity index (χ0n) is 15.0. The first-order valence-corrected chi connectivity index (χ1v) is 10.7. The van der Waals surface area contributed by atoms with Crippen LogP contribution in [0.25, 0.3) is 0 Å². The number of rotatable bonds is 6. The van der Waals surface area contributed by atoms with Crippen molar-refractivity contribution in [1.29, 1.82) is 0 Å². The van der Waals surface area contributed by atoms with Gasteiger partial charge in [-0.15, -0.1) is 23.1 Å². The van der Waals surface area contributed by atoms with Crippen LogP contribution in [0.4, 0.5) is 0 Å². The third-order valence-corrected chi connectivity index (χ3v) is 6.60. The maximum Gasteiger partial charge on any atom is 0.223 e. The third kappa shape index (κ3) is 5.33. The molecule has 0 saturated carbocycles. The van der Waals surface area contributed by atoms with Crippen LogP contribution in [0.2, 0.25) is 0 Å². The monoisotopic (exact) mass is 374 g/mol. The Labute approximate surface area is 159 Å². The molecule has 1 saturated heterocycles. The zero-order chi connectivity index (χ0) is 17.6. The van der Waals surface area contributed by atoms with Crippen molar-refractivity contribution in [3.8, 4) is 0 Å². The van der Waals surface area contributed by atoms with Crippen molar-refractivity contribution in [2.75, 3.05) is 31.9 Å². The summed E-state index contributed by atoms with van der Waals surface area (Å²) in [7, 11) is 0. The van der Waals surface area contributed by atoms with Crippen LogP contribution >= 0.6 is 23.1 Å². The van der Waals surface area contributed by atoms with E-state index < -0.39 is 0 Å². The van der Waals surface area contributed by atoms with Crippen LogP contribution < -0.4 is 0 Å². The van der Waals surface area contributed by atoms with Gasteiger partial charge in [-0.05, 0) is 48.6 Å². The minimum Gasteiger partial charge on any atom is -0.340 e. The van der Waals surface area contributed by atoms with Crippen molar-refractivity contribution in [3.05, 3.63) is 51.7 Å². The molecule has 0 atom stereocenters. The molecule has 1 aromatic heterocycles. The molecule has 1 amide bonds. The number of hydrogen-bond acceptors (Lipinski definition) is 4. The molecule has 2 aromatic rings. The molecular weight excluding hydrogens is 348 g/mol. The van der Waals surface area contributed by atoms with Crippen molar-refractivity contribution in [3.63, 3.8) is 0 Å². The number of benzene rings is 1. The lowest BCUT2D eigenvalue weighted by atomic mass is 10.1. The van der Waals surface area contributed by atoms with Crippen molar-refractivity contribution in [2.24, 2.45) is 0 Å². The fourth-order valence-electron chi connectivity index (χ4n) is 3.00. The molecule has 5 heteroatoms. The average Bonchev–Trinajstić information content (AvgIpc) is 3.11. The summed E-state index contributed by atoms with van der Waals surface area (Å²) in [6.45, 7) is 8.97. The molecule has 134 valence electrons. The maximum atomic E-state index is 12.4. The number of hydrogen-bond donors (Lipinski definition) is 0. The van der Waals surface area contributed by atoms with Crippen molar-refractivity contribution in [1.82, 2.24) is 9.80 Å². The lowest BCUT2D eigenvalue weighted by Crippen LogP contribution is -2.48. The summed E-state index contributed by atoms with van der Waals surface area (Å²) in [5, 5.41) is 2.13. The molecule has 1 fully saturated rings. The highest BCUT2D eigenvalue weighted by molar-refractivity contribution is 7.99. The molecule has 0 unspecified atom stereocenters. The van der Waals surface area contributed by atoms with Crippen LogP contribution in [0.15, 0.2) is 40.6 Å². The topological polar surface area (TPSA) is 23.6 Å². The Balaban J connectivity index is 1.38. The number of aryl methyl sites for hydroxylation is 2. The Bertz CT molecular complexity index is 692. The molecule has 25 heavy (non-hydrogen) atoms. The summed E-state index contributed by atoms with van der Waals surface area (Å²) in [6.07, 6.45) is 0.627. The van der Waals surface area contributed by atoms with E-state index in [1.165, 1.54) is 20.9 Å². The lowest BCUT2D eigenvalue weighted by molar-refractivity contribution is -0.132. The number of thioether (sulfide) groups is 1. The van der Waals surface area contributed by atoms with Gasteiger partial charge >= 0.3 is 0 Å². The van der Waals surface area contributed by atoms with Crippen molar-refractivity contribution in [2.45, 2.75) is 31.7 Å². The second-order valence-electron chi connectivity index (χ2n) is 6.58. The number of nitrogens with zero attached hydrogens (tertiary/aromatic N) is 2. The molecule has 0 radical (unpaired) electrons. The van der Waals surface area contributed by atoms with E-state index in [-0.39, 0.29) is 0 Å². The van der Waals surface area contributed by atoms with E-state index in [4.69, 9.17) is 0 Å². The first-order chi connectivity index (χ1) is 12.1. The molecule has 0 bridgehead atoms. The second kappa shape index (κ2) is 8.88. The first-order valence-electron chi connectivity index (χ1n) is 8.84. The molecule has 0 aliphatic carbocycles. The number of carbonyl (C=O) groups excluding carboxylic acids is 1. The number of thiophene rings is 1. The van der Waals surface area contributed by atoms with E-state index in [0.29, 0.717) is 12.3 Å². The van der Waals surface area contributed by atoms with Crippen LogP contribution in [0.5, 0.6) is 0 Å². The molecule has 0 N–H and O–H groups in total. The SMILES string of the molecule is Cc1ccc(SCCC(=O)N2CCN(Cc3cccs3)CC2)cc1C. The van der Waals surface area contributed by atoms with Gasteiger partial charge in [-0.25, -0.2) is 0 Å². The normalized spacial score (nSPS) is 15.5. The predicted octanol–water partition coefficient (Wildman–Crippen LogP) is 4.19. The largest absolute Gasteiger partial charge is 0.340 e. The molecule has 3 rings (SSSR count). The number of piperazine rings is 1. The van der Waals surface area contributed by atoms with E-state index in [0.717, 1.165) is 38.5 Å².